The van der Waals surface area contributed by atoms with Crippen LogP contribution < -0.4 is 5.32 Å². The molecule has 1 saturated heterocycles. The molecule has 1 fully saturated rings. The van der Waals surface area contributed by atoms with Crippen LogP contribution in [0.5, 0.6) is 0 Å². The molecule has 1 aromatic rings. The van der Waals surface area contributed by atoms with Crippen molar-refractivity contribution in [1.29, 1.82) is 0 Å². The predicted octanol–water partition coefficient (Wildman–Crippen LogP) is 3.06. The third-order valence-electron chi connectivity index (χ3n) is 3.78. The Kier molecular flexibility index (Phi) is 5.18. The summed E-state index contributed by atoms with van der Waals surface area (Å²) in [5, 5.41) is 2.92. The van der Waals surface area contributed by atoms with Gasteiger partial charge in [-0.25, -0.2) is 0 Å². The Balaban J connectivity index is 1.92. The van der Waals surface area contributed by atoms with Gasteiger partial charge in [-0.2, -0.15) is 0 Å². The Morgan fingerprint density at radius 2 is 2.05 bits per heavy atom. The lowest BCUT2D eigenvalue weighted by Crippen LogP contribution is -2.33. The molecule has 0 unspecified atom stereocenters. The van der Waals surface area contributed by atoms with Crippen LogP contribution >= 0.6 is 0 Å². The number of amides is 1. The second kappa shape index (κ2) is 6.89. The summed E-state index contributed by atoms with van der Waals surface area (Å²) in [5.74, 6) is 0.818. The molecule has 1 aromatic carbocycles. The van der Waals surface area contributed by atoms with Crippen molar-refractivity contribution in [3.63, 3.8) is 0 Å². The summed E-state index contributed by atoms with van der Waals surface area (Å²) in [5.41, 5.74) is 2.04. The van der Waals surface area contributed by atoms with E-state index >= 15 is 0 Å². The molecule has 1 heterocycles. The lowest BCUT2D eigenvalue weighted by molar-refractivity contribution is 0.0943. The standard InChI is InChI=1S/C17H26N2O/c1-13(2)18-17(20)16-8-6-15(7-9-16)12-19-10-4-5-14(3)11-19/h6-9,13-14H,4-5,10-12H2,1-3H3,(H,18,20)/t14-/m0/s1. The fraction of sp³-hybridized carbons (Fsp3) is 0.588. The Morgan fingerprint density at radius 1 is 1.35 bits per heavy atom. The zero-order chi connectivity index (χ0) is 14.5. The Labute approximate surface area is 122 Å². The second-order valence-electron chi connectivity index (χ2n) is 6.31. The molecule has 1 aliphatic heterocycles. The molecule has 0 saturated carbocycles. The van der Waals surface area contributed by atoms with Gasteiger partial charge in [0.25, 0.3) is 5.91 Å². The van der Waals surface area contributed by atoms with Gasteiger partial charge in [-0.15, -0.1) is 0 Å². The average Bonchev–Trinajstić information content (AvgIpc) is 2.38. The molecule has 3 heteroatoms. The number of rotatable bonds is 4. The van der Waals surface area contributed by atoms with Gasteiger partial charge in [-0.3, -0.25) is 9.69 Å². The first-order valence-electron chi connectivity index (χ1n) is 7.66. The molecule has 0 spiro atoms. The summed E-state index contributed by atoms with van der Waals surface area (Å²) in [6, 6.07) is 8.20. The number of carbonyl (C=O) groups is 1. The molecule has 110 valence electrons. The Bertz CT molecular complexity index is 439. The fourth-order valence-corrected chi connectivity index (χ4v) is 2.80. The summed E-state index contributed by atoms with van der Waals surface area (Å²) in [7, 11) is 0. The van der Waals surface area contributed by atoms with Gasteiger partial charge in [0.05, 0.1) is 0 Å². The van der Waals surface area contributed by atoms with E-state index in [1.54, 1.807) is 0 Å². The number of benzene rings is 1. The average molecular weight is 274 g/mol. The predicted molar refractivity (Wildman–Crippen MR) is 82.7 cm³/mol. The number of piperidine rings is 1. The maximum atomic E-state index is 11.9. The molecule has 1 aliphatic rings. The Hall–Kier alpha value is -1.35. The number of carbonyl (C=O) groups excluding carboxylic acids is 1. The van der Waals surface area contributed by atoms with E-state index in [9.17, 15) is 4.79 Å². The highest BCUT2D eigenvalue weighted by molar-refractivity contribution is 5.94. The van der Waals surface area contributed by atoms with Gasteiger partial charge in [0, 0.05) is 24.7 Å². The lowest BCUT2D eigenvalue weighted by Gasteiger charge is -2.30. The van der Waals surface area contributed by atoms with Crippen molar-refractivity contribution >= 4 is 5.91 Å². The van der Waals surface area contributed by atoms with Crippen LogP contribution in [0.25, 0.3) is 0 Å². The summed E-state index contributed by atoms with van der Waals surface area (Å²) in [4.78, 5) is 14.4. The largest absolute Gasteiger partial charge is 0.350 e. The fourth-order valence-electron chi connectivity index (χ4n) is 2.80. The van der Waals surface area contributed by atoms with Crippen LogP contribution in [0.2, 0.25) is 0 Å². The topological polar surface area (TPSA) is 32.3 Å². The van der Waals surface area contributed by atoms with Crippen molar-refractivity contribution in [1.82, 2.24) is 10.2 Å². The molecule has 0 radical (unpaired) electrons. The van der Waals surface area contributed by atoms with Gasteiger partial charge < -0.3 is 5.32 Å². The van der Waals surface area contributed by atoms with Crippen LogP contribution in [-0.2, 0) is 6.54 Å². The first kappa shape index (κ1) is 15.0. The van der Waals surface area contributed by atoms with Crippen LogP contribution in [0.15, 0.2) is 24.3 Å². The summed E-state index contributed by atoms with van der Waals surface area (Å²) >= 11 is 0. The van der Waals surface area contributed by atoms with E-state index in [1.807, 2.05) is 26.0 Å². The Morgan fingerprint density at radius 3 is 2.65 bits per heavy atom. The number of nitrogens with one attached hydrogen (secondary N) is 1. The van der Waals surface area contributed by atoms with Crippen molar-refractivity contribution in [2.24, 2.45) is 5.92 Å². The molecule has 2 rings (SSSR count). The highest BCUT2D eigenvalue weighted by Gasteiger charge is 2.16. The van der Waals surface area contributed by atoms with Crippen molar-refractivity contribution in [2.45, 2.75) is 46.2 Å². The third-order valence-corrected chi connectivity index (χ3v) is 3.78. The molecular weight excluding hydrogens is 248 g/mol. The maximum absolute atomic E-state index is 11.9. The molecule has 1 N–H and O–H groups in total. The first-order chi connectivity index (χ1) is 9.54. The number of nitrogens with zero attached hydrogens (tertiary/aromatic N) is 1. The van der Waals surface area contributed by atoms with Crippen molar-refractivity contribution < 1.29 is 4.79 Å². The molecular formula is C17H26N2O. The first-order valence-corrected chi connectivity index (χ1v) is 7.66. The van der Waals surface area contributed by atoms with Gasteiger partial charge in [-0.1, -0.05) is 19.1 Å². The molecule has 0 aliphatic carbocycles. The molecule has 1 amide bonds. The van der Waals surface area contributed by atoms with E-state index in [4.69, 9.17) is 0 Å². The summed E-state index contributed by atoms with van der Waals surface area (Å²) < 4.78 is 0. The van der Waals surface area contributed by atoms with Crippen LogP contribution in [0.3, 0.4) is 0 Å². The van der Waals surface area contributed by atoms with Gasteiger partial charge >= 0.3 is 0 Å². The van der Waals surface area contributed by atoms with Gasteiger partial charge in [0.1, 0.15) is 0 Å². The van der Waals surface area contributed by atoms with Crippen molar-refractivity contribution in [2.75, 3.05) is 13.1 Å². The van der Waals surface area contributed by atoms with Crippen LogP contribution in [0.1, 0.15) is 49.5 Å². The second-order valence-corrected chi connectivity index (χ2v) is 6.31. The van der Waals surface area contributed by atoms with Gasteiger partial charge in [0.2, 0.25) is 0 Å². The molecule has 3 nitrogen and oxygen atoms in total. The normalized spacial score (nSPS) is 20.1. The highest BCUT2D eigenvalue weighted by atomic mass is 16.1. The minimum absolute atomic E-state index is 0.0122. The third kappa shape index (κ3) is 4.34. The van der Waals surface area contributed by atoms with Gasteiger partial charge in [0.15, 0.2) is 0 Å². The zero-order valence-electron chi connectivity index (χ0n) is 12.9. The summed E-state index contributed by atoms with van der Waals surface area (Å²) in [6.45, 7) is 9.66. The molecule has 0 aromatic heterocycles. The van der Waals surface area contributed by atoms with Crippen molar-refractivity contribution in [3.05, 3.63) is 35.4 Å². The zero-order valence-corrected chi connectivity index (χ0v) is 12.9. The number of hydrogen-bond donors (Lipinski definition) is 1. The lowest BCUT2D eigenvalue weighted by atomic mass is 9.99. The number of hydrogen-bond acceptors (Lipinski definition) is 2. The highest BCUT2D eigenvalue weighted by Crippen LogP contribution is 2.18. The van der Waals surface area contributed by atoms with Crippen molar-refractivity contribution in [3.8, 4) is 0 Å². The minimum Gasteiger partial charge on any atom is -0.350 e. The SMILES string of the molecule is CC(C)NC(=O)c1ccc(CN2CCC[C@H](C)C2)cc1. The molecule has 20 heavy (non-hydrogen) atoms. The van der Waals surface area contributed by atoms with Crippen LogP contribution in [0.4, 0.5) is 0 Å². The minimum atomic E-state index is 0.0122. The smallest absolute Gasteiger partial charge is 0.251 e. The quantitative estimate of drug-likeness (QED) is 0.915. The number of likely N-dealkylation sites (tertiary alicyclic amines) is 1. The van der Waals surface area contributed by atoms with E-state index in [1.165, 1.54) is 31.5 Å². The summed E-state index contributed by atoms with van der Waals surface area (Å²) in [6.07, 6.45) is 2.65. The van der Waals surface area contributed by atoms with E-state index in [0.29, 0.717) is 0 Å². The van der Waals surface area contributed by atoms with E-state index < -0.39 is 0 Å². The maximum Gasteiger partial charge on any atom is 0.251 e. The van der Waals surface area contributed by atoms with Crippen LogP contribution in [-0.4, -0.2) is 29.9 Å². The molecule has 1 atom stereocenters. The molecule has 0 bridgehead atoms. The van der Waals surface area contributed by atoms with E-state index in [2.05, 4.69) is 29.3 Å². The monoisotopic (exact) mass is 274 g/mol. The van der Waals surface area contributed by atoms with E-state index in [0.717, 1.165) is 18.0 Å². The van der Waals surface area contributed by atoms with E-state index in [-0.39, 0.29) is 11.9 Å². The van der Waals surface area contributed by atoms with Gasteiger partial charge in [-0.05, 0) is 56.8 Å². The van der Waals surface area contributed by atoms with Crippen LogP contribution in [0, 0.1) is 5.92 Å².